The number of halogens is 2. The van der Waals surface area contributed by atoms with Gasteiger partial charge < -0.3 is 5.73 Å². The van der Waals surface area contributed by atoms with Crippen LogP contribution in [0.2, 0.25) is 0 Å². The van der Waals surface area contributed by atoms with Crippen molar-refractivity contribution in [3.05, 3.63) is 41.6 Å². The van der Waals surface area contributed by atoms with Crippen molar-refractivity contribution < 1.29 is 13.6 Å². The number of hydrogen-bond acceptors (Lipinski definition) is 4. The highest BCUT2D eigenvalue weighted by atomic mass is 19.3. The molecule has 2 heterocycles. The van der Waals surface area contributed by atoms with Gasteiger partial charge >= 0.3 is 0 Å². The van der Waals surface area contributed by atoms with Gasteiger partial charge in [-0.15, -0.1) is 0 Å². The third-order valence-electron chi connectivity index (χ3n) is 6.25. The van der Waals surface area contributed by atoms with Gasteiger partial charge in [0.2, 0.25) is 5.91 Å². The molecule has 8 heteroatoms. The van der Waals surface area contributed by atoms with E-state index in [1.165, 1.54) is 6.07 Å². The number of carbonyl (C=O) groups excluding carboxylic acids is 1. The summed E-state index contributed by atoms with van der Waals surface area (Å²) in [5.74, 6) is 0.232. The Morgan fingerprint density at radius 1 is 1.32 bits per heavy atom. The van der Waals surface area contributed by atoms with E-state index in [1.807, 2.05) is 0 Å². The highest BCUT2D eigenvalue weighted by Gasteiger charge is 2.43. The smallest absolute Gasteiger partial charge is 0.264 e. The van der Waals surface area contributed by atoms with E-state index in [2.05, 4.69) is 16.0 Å². The molecule has 4 rings (SSSR count). The minimum absolute atomic E-state index is 0.0129. The number of aromatic nitrogens is 2. The van der Waals surface area contributed by atoms with Crippen LogP contribution in [0.15, 0.2) is 30.5 Å². The highest BCUT2D eigenvalue weighted by Crippen LogP contribution is 2.45. The number of hydrazine groups is 1. The first kappa shape index (κ1) is 19.0. The lowest BCUT2D eigenvalue weighted by Crippen LogP contribution is -2.62. The van der Waals surface area contributed by atoms with Gasteiger partial charge in [0.1, 0.15) is 0 Å². The van der Waals surface area contributed by atoms with Crippen LogP contribution in [0.5, 0.6) is 0 Å². The van der Waals surface area contributed by atoms with E-state index in [9.17, 15) is 13.6 Å². The molecule has 0 radical (unpaired) electrons. The Labute approximate surface area is 162 Å². The van der Waals surface area contributed by atoms with Gasteiger partial charge in [-0.25, -0.2) is 14.2 Å². The maximum atomic E-state index is 13.6. The Bertz CT molecular complexity index is 868. The number of aryl methyl sites for hydroxylation is 1. The average Bonchev–Trinajstić information content (AvgIpc) is 3.09. The van der Waals surface area contributed by atoms with E-state index >= 15 is 0 Å². The number of alkyl halides is 2. The molecule has 1 amide bonds. The lowest BCUT2D eigenvalue weighted by molar-refractivity contribution is -0.133. The van der Waals surface area contributed by atoms with Crippen molar-refractivity contribution in [2.45, 2.75) is 37.6 Å². The molecule has 1 aromatic heterocycles. The van der Waals surface area contributed by atoms with Crippen molar-refractivity contribution in [1.82, 2.24) is 20.6 Å². The summed E-state index contributed by atoms with van der Waals surface area (Å²) in [5, 5.41) is 4.38. The minimum Gasteiger partial charge on any atom is -0.329 e. The summed E-state index contributed by atoms with van der Waals surface area (Å²) < 4.78 is 28.9. The molecule has 6 nitrogen and oxygen atoms in total. The topological polar surface area (TPSA) is 85.0 Å². The van der Waals surface area contributed by atoms with Crippen LogP contribution in [0, 0.1) is 11.8 Å². The Kier molecular flexibility index (Phi) is 5.16. The quantitative estimate of drug-likeness (QED) is 0.750. The lowest BCUT2D eigenvalue weighted by atomic mass is 9.68. The molecule has 150 valence electrons. The van der Waals surface area contributed by atoms with Crippen molar-refractivity contribution in [2.75, 3.05) is 6.54 Å². The summed E-state index contributed by atoms with van der Waals surface area (Å²) in [4.78, 5) is 12.2. The molecule has 0 bridgehead atoms. The fourth-order valence-electron chi connectivity index (χ4n) is 4.84. The molecule has 1 saturated carbocycles. The molecule has 4 N–H and O–H groups in total. The van der Waals surface area contributed by atoms with Gasteiger partial charge in [-0.3, -0.25) is 14.9 Å². The number of fused-ring (bicyclic) bond motifs is 1. The van der Waals surface area contributed by atoms with Gasteiger partial charge in [-0.05, 0) is 31.1 Å². The second-order valence-corrected chi connectivity index (χ2v) is 7.72. The minimum atomic E-state index is -2.55. The van der Waals surface area contributed by atoms with E-state index in [4.69, 9.17) is 5.73 Å². The Morgan fingerprint density at radius 3 is 2.86 bits per heavy atom. The monoisotopic (exact) mass is 389 g/mol. The predicted molar refractivity (Wildman–Crippen MR) is 101 cm³/mol. The van der Waals surface area contributed by atoms with E-state index in [0.717, 1.165) is 30.5 Å². The molecular formula is C20H25F2N5O. The summed E-state index contributed by atoms with van der Waals surface area (Å²) in [6, 6.07) is 6.61. The van der Waals surface area contributed by atoms with Gasteiger partial charge in [0, 0.05) is 42.2 Å². The van der Waals surface area contributed by atoms with Gasteiger partial charge in [0.15, 0.2) is 0 Å². The number of hydrogen-bond donors (Lipinski definition) is 3. The van der Waals surface area contributed by atoms with Crippen LogP contribution in [0.25, 0.3) is 11.3 Å². The van der Waals surface area contributed by atoms with Gasteiger partial charge in [0.05, 0.1) is 11.9 Å². The highest BCUT2D eigenvalue weighted by molar-refractivity contribution is 5.79. The second kappa shape index (κ2) is 7.60. The Morgan fingerprint density at radius 2 is 2.11 bits per heavy atom. The van der Waals surface area contributed by atoms with Crippen molar-refractivity contribution in [3.63, 3.8) is 0 Å². The number of carbonyl (C=O) groups is 1. The number of rotatable bonds is 4. The zero-order valence-corrected chi connectivity index (χ0v) is 15.7. The van der Waals surface area contributed by atoms with Crippen LogP contribution in [0.3, 0.4) is 0 Å². The first-order valence-corrected chi connectivity index (χ1v) is 9.66. The predicted octanol–water partition coefficient (Wildman–Crippen LogP) is 2.49. The molecule has 2 fully saturated rings. The molecule has 28 heavy (non-hydrogen) atoms. The first-order valence-electron chi connectivity index (χ1n) is 9.66. The Hall–Kier alpha value is -2.32. The molecule has 4 unspecified atom stereocenters. The number of nitrogens with zero attached hydrogens (tertiary/aromatic N) is 2. The van der Waals surface area contributed by atoms with E-state index in [1.54, 1.807) is 36.1 Å². The van der Waals surface area contributed by atoms with Gasteiger partial charge in [-0.1, -0.05) is 24.3 Å². The van der Waals surface area contributed by atoms with Crippen molar-refractivity contribution in [2.24, 2.45) is 24.6 Å². The van der Waals surface area contributed by atoms with E-state index in [-0.39, 0.29) is 35.3 Å². The zero-order valence-electron chi connectivity index (χ0n) is 15.7. The van der Waals surface area contributed by atoms with Crippen LogP contribution >= 0.6 is 0 Å². The first-order chi connectivity index (χ1) is 13.5. The summed E-state index contributed by atoms with van der Waals surface area (Å²) in [7, 11) is 1.78. The summed E-state index contributed by atoms with van der Waals surface area (Å²) in [6.45, 7) is 0.433. The number of amides is 1. The van der Waals surface area contributed by atoms with Gasteiger partial charge in [-0.2, -0.15) is 5.10 Å². The summed E-state index contributed by atoms with van der Waals surface area (Å²) in [6.07, 6.45) is 1.59. The van der Waals surface area contributed by atoms with E-state index in [0.29, 0.717) is 12.1 Å². The molecule has 1 aliphatic heterocycles. The molecule has 2 aromatic rings. The zero-order chi connectivity index (χ0) is 19.8. The normalized spacial score (nSPS) is 27.5. The third kappa shape index (κ3) is 3.20. The van der Waals surface area contributed by atoms with E-state index < -0.39 is 6.43 Å². The molecular weight excluding hydrogens is 364 g/mol. The fourth-order valence-corrected chi connectivity index (χ4v) is 4.84. The number of nitrogens with two attached hydrogens (primary N) is 1. The van der Waals surface area contributed by atoms with Crippen LogP contribution in [-0.4, -0.2) is 28.3 Å². The van der Waals surface area contributed by atoms with Crippen molar-refractivity contribution in [1.29, 1.82) is 0 Å². The fraction of sp³-hybridized carbons (Fsp3) is 0.500. The van der Waals surface area contributed by atoms with Crippen LogP contribution in [0.4, 0.5) is 8.78 Å². The SMILES string of the molecule is Cn1ncc(C2CCC3C(=O)NNC(CN)C3C2)c1-c1ccccc1C(F)F. The molecule has 4 atom stereocenters. The molecule has 0 spiro atoms. The molecule has 2 aliphatic rings. The third-order valence-corrected chi connectivity index (χ3v) is 6.25. The Balaban J connectivity index is 1.70. The maximum absolute atomic E-state index is 13.6. The molecule has 1 aromatic carbocycles. The standard InChI is InChI=1S/C20H25F2N5O/c1-27-18(12-4-2-3-5-13(12)19(21)22)16(10-24-27)11-6-7-14-15(8-11)17(9-23)25-26-20(14)28/h2-5,10-11,14-15,17,19,25H,6-9,23H2,1H3,(H,26,28). The molecule has 1 aliphatic carbocycles. The van der Waals surface area contributed by atoms with Crippen LogP contribution < -0.4 is 16.6 Å². The largest absolute Gasteiger partial charge is 0.329 e. The van der Waals surface area contributed by atoms with Gasteiger partial charge in [0.25, 0.3) is 6.43 Å². The lowest BCUT2D eigenvalue weighted by Gasteiger charge is -2.43. The number of nitrogens with one attached hydrogen (secondary N) is 2. The number of benzene rings is 1. The van der Waals surface area contributed by atoms with Crippen molar-refractivity contribution in [3.8, 4) is 11.3 Å². The second-order valence-electron chi connectivity index (χ2n) is 7.72. The average molecular weight is 389 g/mol. The van der Waals surface area contributed by atoms with Crippen LogP contribution in [-0.2, 0) is 11.8 Å². The van der Waals surface area contributed by atoms with Crippen molar-refractivity contribution >= 4 is 5.91 Å². The summed E-state index contributed by atoms with van der Waals surface area (Å²) >= 11 is 0. The summed E-state index contributed by atoms with van der Waals surface area (Å²) in [5.41, 5.74) is 13.9. The maximum Gasteiger partial charge on any atom is 0.264 e. The van der Waals surface area contributed by atoms with Crippen LogP contribution in [0.1, 0.15) is 42.7 Å². The molecule has 1 saturated heterocycles.